The first-order chi connectivity index (χ1) is 8.84. The van der Waals surface area contributed by atoms with Crippen LogP contribution in [0.4, 0.5) is 0 Å². The molecule has 2 atom stereocenters. The lowest BCUT2D eigenvalue weighted by Crippen LogP contribution is -3.13. The lowest BCUT2D eigenvalue weighted by atomic mass is 10.1. The summed E-state index contributed by atoms with van der Waals surface area (Å²) < 4.78 is 0. The summed E-state index contributed by atoms with van der Waals surface area (Å²) in [5, 5.41) is 6.25. The van der Waals surface area contributed by atoms with Gasteiger partial charge in [-0.1, -0.05) is 45.4 Å². The van der Waals surface area contributed by atoms with Crippen molar-refractivity contribution in [3.8, 4) is 0 Å². The second-order valence-corrected chi connectivity index (χ2v) is 5.68. The average molecular weight is 252 g/mol. The maximum atomic E-state index is 6.25. The first-order valence-electron chi connectivity index (χ1n) is 7.91. The van der Waals surface area contributed by atoms with E-state index in [1.54, 1.807) is 0 Å². The highest BCUT2D eigenvalue weighted by atomic mass is 15.2. The van der Waals surface area contributed by atoms with Gasteiger partial charge in [-0.2, -0.15) is 0 Å². The van der Waals surface area contributed by atoms with Crippen molar-refractivity contribution in [1.82, 2.24) is 0 Å². The van der Waals surface area contributed by atoms with Gasteiger partial charge in [0.2, 0.25) is 0 Å². The van der Waals surface area contributed by atoms with Gasteiger partial charge in [-0.05, 0) is 19.8 Å². The second kappa shape index (κ2) is 12.9. The molecule has 0 aromatic rings. The fourth-order valence-electron chi connectivity index (χ4n) is 2.94. The van der Waals surface area contributed by atoms with Crippen LogP contribution >= 0.6 is 0 Å². The van der Waals surface area contributed by atoms with Gasteiger partial charge < -0.3 is 16.7 Å². The summed E-state index contributed by atoms with van der Waals surface area (Å²) in [5.74, 6) is 0. The van der Waals surface area contributed by atoms with Crippen molar-refractivity contribution < 1.29 is 4.90 Å². The highest BCUT2D eigenvalue weighted by molar-refractivity contribution is 4.56. The first kappa shape index (κ1) is 17.4. The Morgan fingerprint density at radius 3 is 2.06 bits per heavy atom. The van der Waals surface area contributed by atoms with Crippen molar-refractivity contribution in [1.29, 1.82) is 5.26 Å². The Morgan fingerprint density at radius 2 is 1.56 bits per heavy atom. The molecule has 1 aliphatic heterocycles. The molecule has 0 aromatic heterocycles. The van der Waals surface area contributed by atoms with Crippen LogP contribution in [-0.2, 0) is 0 Å². The minimum absolute atomic E-state index is 0.949. The van der Waals surface area contributed by atoms with Crippen molar-refractivity contribution in [3.05, 3.63) is 6.57 Å². The smallest absolute Gasteiger partial charge is 0.0848 e. The molecular formula is C16H32N2. The maximum absolute atomic E-state index is 6.25. The van der Waals surface area contributed by atoms with E-state index in [9.17, 15) is 0 Å². The third kappa shape index (κ3) is 8.53. The van der Waals surface area contributed by atoms with E-state index in [1.165, 1.54) is 77.3 Å². The van der Waals surface area contributed by atoms with Crippen molar-refractivity contribution in [2.24, 2.45) is 0 Å². The van der Waals surface area contributed by atoms with Crippen molar-refractivity contribution in [2.45, 2.75) is 84.1 Å². The van der Waals surface area contributed by atoms with Crippen LogP contribution in [0.2, 0.25) is 0 Å². The van der Waals surface area contributed by atoms with Gasteiger partial charge in [0, 0.05) is 12.8 Å². The zero-order valence-corrected chi connectivity index (χ0v) is 12.5. The molecule has 18 heavy (non-hydrogen) atoms. The summed E-state index contributed by atoms with van der Waals surface area (Å²) in [6.45, 7) is 12.3. The molecule has 1 saturated heterocycles. The van der Waals surface area contributed by atoms with Crippen LogP contribution in [-0.4, -0.2) is 19.1 Å². The van der Waals surface area contributed by atoms with Crippen LogP contribution in [0.1, 0.15) is 78.1 Å². The molecule has 1 heterocycles. The highest BCUT2D eigenvalue weighted by Gasteiger charge is 2.22. The van der Waals surface area contributed by atoms with E-state index in [4.69, 9.17) is 11.8 Å². The Bertz CT molecular complexity index is 189. The van der Waals surface area contributed by atoms with Gasteiger partial charge in [-0.15, -0.1) is 0 Å². The fraction of sp³-hybridized carbons (Fsp3) is 0.938. The molecule has 1 aliphatic rings. The third-order valence-electron chi connectivity index (χ3n) is 4.18. The van der Waals surface area contributed by atoms with E-state index >= 15 is 0 Å². The summed E-state index contributed by atoms with van der Waals surface area (Å²) >= 11 is 0. The Hall–Kier alpha value is -0.550. The molecule has 0 radical (unpaired) electrons. The van der Waals surface area contributed by atoms with Crippen molar-refractivity contribution in [2.75, 3.05) is 13.1 Å². The molecule has 0 amide bonds. The van der Waals surface area contributed by atoms with Gasteiger partial charge in [0.25, 0.3) is 0 Å². The lowest BCUT2D eigenvalue weighted by molar-refractivity contribution is -0.910. The quantitative estimate of drug-likeness (QED) is 0.495. The minimum Gasteiger partial charge on any atom is -0.512 e. The summed E-state index contributed by atoms with van der Waals surface area (Å²) in [6, 6.07) is 0.949. The standard InChI is InChI=1S/C15H31N.CN/c1-3-4-5-6-7-8-9-10-13-16-14-11-12-15(16)2;1-2/h15H,3-14H2,1-2H3;/q;-1/p+1. The molecule has 2 unspecified atom stereocenters. The summed E-state index contributed by atoms with van der Waals surface area (Å²) in [7, 11) is 0. The van der Waals surface area contributed by atoms with Crippen LogP contribution < -0.4 is 4.90 Å². The van der Waals surface area contributed by atoms with Gasteiger partial charge in [0.1, 0.15) is 0 Å². The highest BCUT2D eigenvalue weighted by Crippen LogP contribution is 2.08. The second-order valence-electron chi connectivity index (χ2n) is 5.68. The Kier molecular flexibility index (Phi) is 12.5. The number of quaternary nitrogens is 1. The van der Waals surface area contributed by atoms with E-state index in [0.717, 1.165) is 6.04 Å². The van der Waals surface area contributed by atoms with Crippen molar-refractivity contribution in [3.63, 3.8) is 0 Å². The lowest BCUT2D eigenvalue weighted by Gasteiger charge is -2.17. The number of unbranched alkanes of at least 4 members (excludes halogenated alkanes) is 7. The van der Waals surface area contributed by atoms with Crippen molar-refractivity contribution >= 4 is 0 Å². The fourth-order valence-corrected chi connectivity index (χ4v) is 2.94. The zero-order chi connectivity index (χ0) is 13.6. The van der Waals surface area contributed by atoms with Gasteiger partial charge in [0.05, 0.1) is 19.1 Å². The number of nitrogens with one attached hydrogen (secondary N) is 1. The molecule has 1 rings (SSSR count). The Morgan fingerprint density at radius 1 is 1.00 bits per heavy atom. The molecule has 0 spiro atoms. The number of likely N-dealkylation sites (tertiary alicyclic amines) is 1. The van der Waals surface area contributed by atoms with E-state index in [2.05, 4.69) is 13.8 Å². The molecule has 0 bridgehead atoms. The molecule has 1 fully saturated rings. The summed E-state index contributed by atoms with van der Waals surface area (Å²) in [6.07, 6.45) is 14.6. The van der Waals surface area contributed by atoms with E-state index in [0.29, 0.717) is 0 Å². The summed E-state index contributed by atoms with van der Waals surface area (Å²) in [5.41, 5.74) is 0. The zero-order valence-electron chi connectivity index (χ0n) is 12.5. The molecule has 0 aromatic carbocycles. The van der Waals surface area contributed by atoms with Gasteiger partial charge in [0.15, 0.2) is 0 Å². The van der Waals surface area contributed by atoms with Gasteiger partial charge in [-0.25, -0.2) is 0 Å². The van der Waals surface area contributed by atoms with E-state index in [-0.39, 0.29) is 0 Å². The Balaban J connectivity index is 0.00000137. The van der Waals surface area contributed by atoms with E-state index in [1.807, 2.05) is 4.90 Å². The van der Waals surface area contributed by atoms with Crippen LogP contribution in [0.15, 0.2) is 0 Å². The molecule has 2 nitrogen and oxygen atoms in total. The molecule has 1 N–H and O–H groups in total. The largest absolute Gasteiger partial charge is 0.512 e. The van der Waals surface area contributed by atoms with Gasteiger partial charge in [-0.3, -0.25) is 0 Å². The summed E-state index contributed by atoms with van der Waals surface area (Å²) in [4.78, 5) is 1.88. The molecule has 2 heteroatoms. The van der Waals surface area contributed by atoms with Gasteiger partial charge >= 0.3 is 0 Å². The first-order valence-corrected chi connectivity index (χ1v) is 7.91. The number of hydrogen-bond donors (Lipinski definition) is 1. The molecule has 106 valence electrons. The predicted octanol–water partition coefficient (Wildman–Crippen LogP) is 3.29. The SMILES string of the molecule is CCCCCCCCCC[NH+]1CCCC1C.[C-]#N. The topological polar surface area (TPSA) is 28.2 Å². The normalized spacial score (nSPS) is 22.4. The molecular weight excluding hydrogens is 220 g/mol. The maximum Gasteiger partial charge on any atom is 0.0848 e. The van der Waals surface area contributed by atoms with Crippen LogP contribution in [0.25, 0.3) is 0 Å². The minimum atomic E-state index is 0.949. The number of nitrogens with zero attached hydrogens (tertiary/aromatic N) is 1. The molecule has 0 saturated carbocycles. The third-order valence-corrected chi connectivity index (χ3v) is 4.18. The van der Waals surface area contributed by atoms with Crippen LogP contribution in [0.3, 0.4) is 0 Å². The Labute approximate surface area is 114 Å². The van der Waals surface area contributed by atoms with E-state index < -0.39 is 0 Å². The predicted molar refractivity (Wildman–Crippen MR) is 77.0 cm³/mol. The van der Waals surface area contributed by atoms with Crippen LogP contribution in [0.5, 0.6) is 0 Å². The number of hydrogen-bond acceptors (Lipinski definition) is 1. The van der Waals surface area contributed by atoms with Crippen LogP contribution in [0, 0.1) is 11.8 Å². The average Bonchev–Trinajstić information content (AvgIpc) is 2.81. The monoisotopic (exact) mass is 252 g/mol. The number of rotatable bonds is 9. The molecule has 0 aliphatic carbocycles.